The number of aromatic nitrogens is 2. The van der Waals surface area contributed by atoms with Crippen LogP contribution in [0.1, 0.15) is 18.7 Å². The molecular weight excluding hydrogens is 258 g/mol. The first-order valence-electron chi connectivity index (χ1n) is 5.08. The molecule has 2 rings (SSSR count). The highest BCUT2D eigenvalue weighted by atomic mass is 79.9. The van der Waals surface area contributed by atoms with Gasteiger partial charge in [-0.1, -0.05) is 0 Å². The Morgan fingerprint density at radius 3 is 2.93 bits per heavy atom. The molecule has 1 aromatic heterocycles. The van der Waals surface area contributed by atoms with Crippen LogP contribution in [0.15, 0.2) is 10.7 Å². The van der Waals surface area contributed by atoms with Crippen molar-refractivity contribution in [2.75, 3.05) is 11.9 Å². The zero-order chi connectivity index (χ0) is 10.8. The molecule has 1 aromatic rings. The number of halogens is 1. The molecule has 15 heavy (non-hydrogen) atoms. The van der Waals surface area contributed by atoms with E-state index < -0.39 is 0 Å². The van der Waals surface area contributed by atoms with Gasteiger partial charge < -0.3 is 10.4 Å². The highest BCUT2D eigenvalue weighted by Crippen LogP contribution is 2.32. The van der Waals surface area contributed by atoms with Crippen LogP contribution in [-0.2, 0) is 0 Å². The molecule has 5 heteroatoms. The van der Waals surface area contributed by atoms with E-state index in [1.807, 2.05) is 13.0 Å². The summed E-state index contributed by atoms with van der Waals surface area (Å²) < 4.78 is 0.762. The number of aliphatic hydroxyl groups excluding tert-OH is 1. The lowest BCUT2D eigenvalue weighted by atomic mass is 10.2. The molecule has 0 radical (unpaired) electrons. The lowest BCUT2D eigenvalue weighted by molar-refractivity contribution is 0.164. The van der Waals surface area contributed by atoms with Crippen LogP contribution in [0.4, 0.5) is 5.82 Å². The highest BCUT2D eigenvalue weighted by molar-refractivity contribution is 9.10. The van der Waals surface area contributed by atoms with Crippen LogP contribution in [0.2, 0.25) is 0 Å². The van der Waals surface area contributed by atoms with Gasteiger partial charge in [0.15, 0.2) is 0 Å². The van der Waals surface area contributed by atoms with Crippen molar-refractivity contribution in [2.24, 2.45) is 5.92 Å². The van der Waals surface area contributed by atoms with E-state index >= 15 is 0 Å². The Bertz CT molecular complexity index is 334. The molecule has 1 atom stereocenters. The summed E-state index contributed by atoms with van der Waals surface area (Å²) >= 11 is 3.31. The van der Waals surface area contributed by atoms with Gasteiger partial charge in [-0.3, -0.25) is 0 Å². The first-order chi connectivity index (χ1) is 7.15. The van der Waals surface area contributed by atoms with Gasteiger partial charge in [-0.2, -0.15) is 0 Å². The van der Waals surface area contributed by atoms with E-state index in [0.717, 1.165) is 23.3 Å². The summed E-state index contributed by atoms with van der Waals surface area (Å²) in [6.45, 7) is 2.40. The van der Waals surface area contributed by atoms with Crippen LogP contribution in [-0.4, -0.2) is 27.7 Å². The lowest BCUT2D eigenvalue weighted by Gasteiger charge is -2.11. The van der Waals surface area contributed by atoms with Gasteiger partial charge >= 0.3 is 0 Å². The molecule has 0 bridgehead atoms. The van der Waals surface area contributed by atoms with Crippen molar-refractivity contribution in [2.45, 2.75) is 25.9 Å². The Morgan fingerprint density at radius 1 is 1.60 bits per heavy atom. The molecule has 0 aromatic carbocycles. The zero-order valence-electron chi connectivity index (χ0n) is 8.57. The standard InChI is InChI=1S/C10H14BrN3O/c1-6-13-9(11)4-10(14-6)12-5-8(15)7-2-3-7/h4,7-8,15H,2-3,5H2,1H3,(H,12,13,14). The normalized spacial score (nSPS) is 17.5. The topological polar surface area (TPSA) is 58.0 Å². The third-order valence-electron chi connectivity index (χ3n) is 2.47. The predicted molar refractivity (Wildman–Crippen MR) is 61.7 cm³/mol. The second kappa shape index (κ2) is 4.45. The van der Waals surface area contributed by atoms with E-state index in [1.165, 1.54) is 0 Å². The fourth-order valence-electron chi connectivity index (χ4n) is 1.48. The van der Waals surface area contributed by atoms with Crippen molar-refractivity contribution >= 4 is 21.7 Å². The smallest absolute Gasteiger partial charge is 0.130 e. The van der Waals surface area contributed by atoms with Crippen molar-refractivity contribution < 1.29 is 5.11 Å². The number of aryl methyl sites for hydroxylation is 1. The molecule has 1 heterocycles. The van der Waals surface area contributed by atoms with Gasteiger partial charge in [-0.15, -0.1) is 0 Å². The van der Waals surface area contributed by atoms with Gasteiger partial charge in [0.1, 0.15) is 16.2 Å². The van der Waals surface area contributed by atoms with E-state index in [0.29, 0.717) is 18.3 Å². The van der Waals surface area contributed by atoms with Gasteiger partial charge in [0.2, 0.25) is 0 Å². The number of nitrogens with one attached hydrogen (secondary N) is 1. The van der Waals surface area contributed by atoms with Crippen molar-refractivity contribution in [1.29, 1.82) is 0 Å². The maximum absolute atomic E-state index is 9.67. The molecule has 1 saturated carbocycles. The Morgan fingerprint density at radius 2 is 2.33 bits per heavy atom. The number of aliphatic hydroxyl groups is 1. The van der Waals surface area contributed by atoms with E-state index in [1.54, 1.807) is 0 Å². The van der Waals surface area contributed by atoms with Crippen LogP contribution in [0.5, 0.6) is 0 Å². The molecule has 0 spiro atoms. The van der Waals surface area contributed by atoms with Gasteiger partial charge in [-0.25, -0.2) is 9.97 Å². The number of hydrogen-bond donors (Lipinski definition) is 2. The molecule has 1 fully saturated rings. The average Bonchev–Trinajstić information content (AvgIpc) is 2.95. The summed E-state index contributed by atoms with van der Waals surface area (Å²) in [5.74, 6) is 1.96. The molecule has 1 aliphatic rings. The molecule has 4 nitrogen and oxygen atoms in total. The first-order valence-corrected chi connectivity index (χ1v) is 5.87. The van der Waals surface area contributed by atoms with Crippen LogP contribution in [0, 0.1) is 12.8 Å². The van der Waals surface area contributed by atoms with Crippen molar-refractivity contribution in [3.8, 4) is 0 Å². The SMILES string of the molecule is Cc1nc(Br)cc(NCC(O)C2CC2)n1. The summed E-state index contributed by atoms with van der Waals surface area (Å²) in [5.41, 5.74) is 0. The molecule has 1 aliphatic carbocycles. The largest absolute Gasteiger partial charge is 0.391 e. The minimum atomic E-state index is -0.251. The average molecular weight is 272 g/mol. The monoisotopic (exact) mass is 271 g/mol. The van der Waals surface area contributed by atoms with E-state index in [-0.39, 0.29) is 6.10 Å². The van der Waals surface area contributed by atoms with Crippen molar-refractivity contribution in [3.63, 3.8) is 0 Å². The van der Waals surface area contributed by atoms with Gasteiger partial charge in [0.25, 0.3) is 0 Å². The van der Waals surface area contributed by atoms with Crippen LogP contribution in [0.3, 0.4) is 0 Å². The Hall–Kier alpha value is -0.680. The first kappa shape index (κ1) is 10.8. The van der Waals surface area contributed by atoms with Gasteiger partial charge in [0.05, 0.1) is 6.10 Å². The third kappa shape index (κ3) is 3.14. The van der Waals surface area contributed by atoms with Crippen LogP contribution < -0.4 is 5.32 Å². The quantitative estimate of drug-likeness (QED) is 0.819. The second-order valence-corrected chi connectivity index (χ2v) is 4.72. The van der Waals surface area contributed by atoms with E-state index in [4.69, 9.17) is 0 Å². The lowest BCUT2D eigenvalue weighted by Crippen LogP contribution is -2.21. The maximum Gasteiger partial charge on any atom is 0.130 e. The Kier molecular flexibility index (Phi) is 3.21. The second-order valence-electron chi connectivity index (χ2n) is 3.91. The summed E-state index contributed by atoms with van der Waals surface area (Å²) in [7, 11) is 0. The fraction of sp³-hybridized carbons (Fsp3) is 0.600. The summed E-state index contributed by atoms with van der Waals surface area (Å²) in [5, 5.41) is 12.8. The van der Waals surface area contributed by atoms with E-state index in [9.17, 15) is 5.11 Å². The number of anilines is 1. The summed E-state index contributed by atoms with van der Waals surface area (Å²) in [4.78, 5) is 8.33. The Labute approximate surface area is 97.3 Å². The van der Waals surface area contributed by atoms with E-state index in [2.05, 4.69) is 31.2 Å². The van der Waals surface area contributed by atoms with Crippen molar-refractivity contribution in [3.05, 3.63) is 16.5 Å². The summed E-state index contributed by atoms with van der Waals surface area (Å²) in [6.07, 6.45) is 2.05. The Balaban J connectivity index is 1.91. The van der Waals surface area contributed by atoms with Crippen LogP contribution in [0.25, 0.3) is 0 Å². The van der Waals surface area contributed by atoms with Gasteiger partial charge in [0, 0.05) is 12.6 Å². The van der Waals surface area contributed by atoms with Crippen molar-refractivity contribution in [1.82, 2.24) is 9.97 Å². The minimum absolute atomic E-state index is 0.251. The molecule has 0 amide bonds. The summed E-state index contributed by atoms with van der Waals surface area (Å²) in [6, 6.07) is 1.81. The molecular formula is C10H14BrN3O. The molecule has 0 aliphatic heterocycles. The zero-order valence-corrected chi connectivity index (χ0v) is 10.2. The number of rotatable bonds is 4. The molecule has 0 saturated heterocycles. The molecule has 82 valence electrons. The maximum atomic E-state index is 9.67. The fourth-order valence-corrected chi connectivity index (χ4v) is 1.95. The van der Waals surface area contributed by atoms with Crippen LogP contribution >= 0.6 is 15.9 Å². The highest BCUT2D eigenvalue weighted by Gasteiger charge is 2.29. The molecule has 2 N–H and O–H groups in total. The number of nitrogens with zero attached hydrogens (tertiary/aromatic N) is 2. The number of hydrogen-bond acceptors (Lipinski definition) is 4. The molecule has 1 unspecified atom stereocenters. The van der Waals surface area contributed by atoms with Gasteiger partial charge in [-0.05, 0) is 41.6 Å². The predicted octanol–water partition coefficient (Wildman–Crippen LogP) is 1.73. The minimum Gasteiger partial charge on any atom is -0.391 e. The third-order valence-corrected chi connectivity index (χ3v) is 2.87.